The van der Waals surface area contributed by atoms with Crippen LogP contribution in [0.2, 0.25) is 5.02 Å². The number of hydrogen-bond donors (Lipinski definition) is 0. The number of halogens is 2. The maximum Gasteiger partial charge on any atom is 0.311 e. The quantitative estimate of drug-likeness (QED) is 0.717. The third-order valence-corrected chi connectivity index (χ3v) is 1.57. The molecule has 72 valence electrons. The molecule has 1 aromatic rings. The number of methoxy groups -OCH3 is 1. The number of rotatable bonds is 2. The van der Waals surface area contributed by atoms with Crippen molar-refractivity contribution >= 4 is 30.0 Å². The van der Waals surface area contributed by atoms with Gasteiger partial charge in [-0.15, -0.1) is 12.4 Å². The fourth-order valence-corrected chi connectivity index (χ4v) is 0.948. The fraction of sp³-hybridized carbons (Fsp3) is 0.250. The molecule has 0 atom stereocenters. The van der Waals surface area contributed by atoms with E-state index in [0.717, 1.165) is 0 Å². The summed E-state index contributed by atoms with van der Waals surface area (Å²) in [4.78, 5) is 14.7. The van der Waals surface area contributed by atoms with Crippen molar-refractivity contribution in [2.45, 2.75) is 6.42 Å². The SMILES string of the molecule is COC(=O)Cc1cc(Cl)ccn1.Cl. The van der Waals surface area contributed by atoms with E-state index in [-0.39, 0.29) is 24.8 Å². The summed E-state index contributed by atoms with van der Waals surface area (Å²) in [5, 5.41) is 0.573. The van der Waals surface area contributed by atoms with Gasteiger partial charge < -0.3 is 4.74 Å². The number of hydrogen-bond acceptors (Lipinski definition) is 3. The average Bonchev–Trinajstić information content (AvgIpc) is 2.04. The van der Waals surface area contributed by atoms with Crippen LogP contribution in [-0.4, -0.2) is 18.1 Å². The van der Waals surface area contributed by atoms with E-state index in [1.807, 2.05) is 0 Å². The third kappa shape index (κ3) is 4.10. The highest BCUT2D eigenvalue weighted by Crippen LogP contribution is 2.08. The Kier molecular flexibility index (Phi) is 5.42. The first kappa shape index (κ1) is 12.2. The van der Waals surface area contributed by atoms with E-state index < -0.39 is 0 Å². The second-order valence-corrected chi connectivity index (χ2v) is 2.65. The standard InChI is InChI=1S/C8H8ClNO2.ClH/c1-12-8(11)5-7-4-6(9)2-3-10-7;/h2-4H,5H2,1H3;1H. The van der Waals surface area contributed by atoms with E-state index in [1.165, 1.54) is 7.11 Å². The minimum atomic E-state index is -0.315. The van der Waals surface area contributed by atoms with Gasteiger partial charge in [-0.2, -0.15) is 0 Å². The summed E-state index contributed by atoms with van der Waals surface area (Å²) in [6.07, 6.45) is 1.72. The van der Waals surface area contributed by atoms with Gasteiger partial charge in [0.2, 0.25) is 0 Å². The van der Waals surface area contributed by atoms with Crippen molar-refractivity contribution in [3.8, 4) is 0 Å². The van der Waals surface area contributed by atoms with Gasteiger partial charge >= 0.3 is 5.97 Å². The van der Waals surface area contributed by atoms with Crippen LogP contribution in [0.5, 0.6) is 0 Å². The summed E-state index contributed by atoms with van der Waals surface area (Å²) < 4.78 is 4.47. The summed E-state index contributed by atoms with van der Waals surface area (Å²) in [6, 6.07) is 3.29. The molecule has 0 saturated heterocycles. The molecule has 0 saturated carbocycles. The highest BCUT2D eigenvalue weighted by atomic mass is 35.5. The minimum absolute atomic E-state index is 0. The van der Waals surface area contributed by atoms with Crippen molar-refractivity contribution in [2.75, 3.05) is 7.11 Å². The van der Waals surface area contributed by atoms with Crippen LogP contribution in [0.25, 0.3) is 0 Å². The molecule has 0 aliphatic heterocycles. The van der Waals surface area contributed by atoms with Crippen LogP contribution in [0.15, 0.2) is 18.3 Å². The summed E-state index contributed by atoms with van der Waals surface area (Å²) >= 11 is 5.68. The van der Waals surface area contributed by atoms with Crippen LogP contribution in [-0.2, 0) is 16.0 Å². The predicted molar refractivity (Wildman–Crippen MR) is 52.2 cm³/mol. The summed E-state index contributed by atoms with van der Waals surface area (Å²) in [5.74, 6) is -0.315. The molecule has 1 heterocycles. The number of aromatic nitrogens is 1. The lowest BCUT2D eigenvalue weighted by molar-refractivity contribution is -0.139. The Balaban J connectivity index is 0.00000144. The Morgan fingerprint density at radius 2 is 2.38 bits per heavy atom. The number of esters is 1. The van der Waals surface area contributed by atoms with E-state index in [0.29, 0.717) is 10.7 Å². The summed E-state index contributed by atoms with van der Waals surface area (Å²) in [5.41, 5.74) is 0.620. The van der Waals surface area contributed by atoms with Gasteiger partial charge in [-0.3, -0.25) is 9.78 Å². The van der Waals surface area contributed by atoms with Crippen LogP contribution >= 0.6 is 24.0 Å². The first-order chi connectivity index (χ1) is 5.72. The third-order valence-electron chi connectivity index (χ3n) is 1.33. The maximum absolute atomic E-state index is 10.8. The van der Waals surface area contributed by atoms with Gasteiger partial charge in [0.25, 0.3) is 0 Å². The second-order valence-electron chi connectivity index (χ2n) is 2.22. The van der Waals surface area contributed by atoms with Gasteiger partial charge in [-0.05, 0) is 12.1 Å². The molecule has 3 nitrogen and oxygen atoms in total. The highest BCUT2D eigenvalue weighted by molar-refractivity contribution is 6.30. The zero-order chi connectivity index (χ0) is 8.97. The van der Waals surface area contributed by atoms with E-state index in [4.69, 9.17) is 11.6 Å². The molecule has 0 N–H and O–H groups in total. The number of nitrogens with zero attached hydrogens (tertiary/aromatic N) is 1. The van der Waals surface area contributed by atoms with E-state index in [2.05, 4.69) is 9.72 Å². The zero-order valence-corrected chi connectivity index (χ0v) is 8.56. The molecule has 5 heteroatoms. The lowest BCUT2D eigenvalue weighted by Crippen LogP contribution is -2.05. The molecule has 0 fully saturated rings. The maximum atomic E-state index is 10.8. The van der Waals surface area contributed by atoms with Gasteiger partial charge in [0.1, 0.15) is 0 Å². The van der Waals surface area contributed by atoms with E-state index in [9.17, 15) is 4.79 Å². The van der Waals surface area contributed by atoms with Crippen LogP contribution in [0.4, 0.5) is 0 Å². The van der Waals surface area contributed by atoms with Crippen molar-refractivity contribution in [1.29, 1.82) is 0 Å². The van der Waals surface area contributed by atoms with Gasteiger partial charge in [0.15, 0.2) is 0 Å². The number of pyridine rings is 1. The van der Waals surface area contributed by atoms with Crippen LogP contribution in [0.1, 0.15) is 5.69 Å². The van der Waals surface area contributed by atoms with Crippen LogP contribution < -0.4 is 0 Å². The molecule has 0 unspecified atom stereocenters. The molecule has 0 amide bonds. The molecule has 13 heavy (non-hydrogen) atoms. The molecule has 0 bridgehead atoms. The van der Waals surface area contributed by atoms with Gasteiger partial charge in [0.05, 0.1) is 19.2 Å². The second kappa shape index (κ2) is 5.78. The molecule has 1 rings (SSSR count). The summed E-state index contributed by atoms with van der Waals surface area (Å²) in [7, 11) is 1.34. The zero-order valence-electron chi connectivity index (χ0n) is 6.99. The molecule has 0 radical (unpaired) electrons. The Morgan fingerprint density at radius 1 is 1.69 bits per heavy atom. The lowest BCUT2D eigenvalue weighted by atomic mass is 10.3. The molecule has 0 aliphatic carbocycles. The number of carbonyl (C=O) groups is 1. The molecular weight excluding hydrogens is 213 g/mol. The Hall–Kier alpha value is -0.800. The minimum Gasteiger partial charge on any atom is -0.469 e. The smallest absolute Gasteiger partial charge is 0.311 e. The predicted octanol–water partition coefficient (Wildman–Crippen LogP) is 1.87. The Morgan fingerprint density at radius 3 is 2.92 bits per heavy atom. The average molecular weight is 222 g/mol. The summed E-state index contributed by atoms with van der Waals surface area (Å²) in [6.45, 7) is 0. The number of carbonyl (C=O) groups excluding carboxylic acids is 1. The van der Waals surface area contributed by atoms with Gasteiger partial charge in [-0.1, -0.05) is 11.6 Å². The lowest BCUT2D eigenvalue weighted by Gasteiger charge is -1.98. The van der Waals surface area contributed by atoms with E-state index in [1.54, 1.807) is 18.3 Å². The largest absolute Gasteiger partial charge is 0.469 e. The highest BCUT2D eigenvalue weighted by Gasteiger charge is 2.03. The first-order valence-electron chi connectivity index (χ1n) is 3.39. The molecule has 0 spiro atoms. The van der Waals surface area contributed by atoms with Gasteiger partial charge in [0, 0.05) is 11.2 Å². The molecule has 0 aromatic carbocycles. The molecular formula is C8H9Cl2NO2. The van der Waals surface area contributed by atoms with Crippen LogP contribution in [0.3, 0.4) is 0 Å². The molecule has 1 aromatic heterocycles. The van der Waals surface area contributed by atoms with Crippen molar-refractivity contribution in [3.63, 3.8) is 0 Å². The number of ether oxygens (including phenoxy) is 1. The Bertz CT molecular complexity index is 291. The normalized spacial score (nSPS) is 8.77. The topological polar surface area (TPSA) is 39.2 Å². The van der Waals surface area contributed by atoms with Gasteiger partial charge in [-0.25, -0.2) is 0 Å². The fourth-order valence-electron chi connectivity index (χ4n) is 0.765. The van der Waals surface area contributed by atoms with Crippen LogP contribution in [0, 0.1) is 0 Å². The monoisotopic (exact) mass is 221 g/mol. The molecule has 0 aliphatic rings. The Labute approximate surface area is 87.5 Å². The van der Waals surface area contributed by atoms with Crippen molar-refractivity contribution in [1.82, 2.24) is 4.98 Å². The van der Waals surface area contributed by atoms with Crippen molar-refractivity contribution < 1.29 is 9.53 Å². The van der Waals surface area contributed by atoms with E-state index >= 15 is 0 Å². The van der Waals surface area contributed by atoms with Crippen molar-refractivity contribution in [2.24, 2.45) is 0 Å². The first-order valence-corrected chi connectivity index (χ1v) is 3.77. The van der Waals surface area contributed by atoms with Crippen molar-refractivity contribution in [3.05, 3.63) is 29.0 Å².